The van der Waals surface area contributed by atoms with Gasteiger partial charge in [0.05, 0.1) is 20.8 Å². The summed E-state index contributed by atoms with van der Waals surface area (Å²) in [6.45, 7) is 2.86. The average Bonchev–Trinajstić information content (AvgIpc) is 2.82. The summed E-state index contributed by atoms with van der Waals surface area (Å²) >= 11 is 0. The van der Waals surface area contributed by atoms with E-state index in [-0.39, 0.29) is 31.8 Å². The van der Waals surface area contributed by atoms with Gasteiger partial charge in [-0.3, -0.25) is 9.59 Å². The van der Waals surface area contributed by atoms with Crippen LogP contribution < -0.4 is 21.7 Å². The number of nitrogens with two attached hydrogens (primary N) is 1. The Bertz CT molecular complexity index is 644. The first-order valence-corrected chi connectivity index (χ1v) is 11.6. The summed E-state index contributed by atoms with van der Waals surface area (Å²) < 4.78 is 14.2. The lowest BCUT2D eigenvalue weighted by atomic mass is 10.1. The molecule has 0 fully saturated rings. The minimum atomic E-state index is -1.09. The fourth-order valence-electron chi connectivity index (χ4n) is 3.00. The number of esters is 3. The second-order valence-corrected chi connectivity index (χ2v) is 7.56. The van der Waals surface area contributed by atoms with Gasteiger partial charge in [-0.25, -0.2) is 14.4 Å². The Morgan fingerprint density at radius 3 is 2.06 bits per heavy atom. The normalized spacial score (nSPS) is 12.1. The maximum atomic E-state index is 12.4. The van der Waals surface area contributed by atoms with Crippen LogP contribution in [0.5, 0.6) is 0 Å². The van der Waals surface area contributed by atoms with Crippen molar-refractivity contribution in [2.45, 2.75) is 76.8 Å². The van der Waals surface area contributed by atoms with E-state index in [0.29, 0.717) is 32.4 Å². The van der Waals surface area contributed by atoms with Gasteiger partial charge in [-0.2, -0.15) is 0 Å². The fraction of sp³-hybridized carbons (Fsp3) is 0.773. The van der Waals surface area contributed by atoms with Crippen LogP contribution >= 0.6 is 0 Å². The van der Waals surface area contributed by atoms with Gasteiger partial charge in [0, 0.05) is 19.4 Å². The molecule has 196 valence electrons. The molecule has 0 aromatic carbocycles. The van der Waals surface area contributed by atoms with Crippen LogP contribution in [0.4, 0.5) is 4.79 Å². The Morgan fingerprint density at radius 2 is 1.47 bits per heavy atom. The smallest absolute Gasteiger partial charge is 0.328 e. The molecular weight excluding hydrogens is 448 g/mol. The van der Waals surface area contributed by atoms with Crippen molar-refractivity contribution in [2.75, 3.05) is 33.9 Å². The second-order valence-electron chi connectivity index (χ2n) is 7.56. The standard InChI is InChI=1S/C22H40N4O8/c1-4-34-21(30)16(10-7-9-15-24-18(27)11-6-5-8-14-23)25-22(31)26-17(20(29)33-3)12-13-19(28)32-2/h16-17H,4-15,23H2,1-3H3,(H,24,27)(H2,25,26,31). The van der Waals surface area contributed by atoms with E-state index in [1.807, 2.05) is 0 Å². The molecule has 12 nitrogen and oxygen atoms in total. The van der Waals surface area contributed by atoms with Gasteiger partial charge < -0.3 is 35.9 Å². The topological polar surface area (TPSA) is 175 Å². The van der Waals surface area contributed by atoms with Crippen molar-refractivity contribution in [1.82, 2.24) is 16.0 Å². The summed E-state index contributed by atoms with van der Waals surface area (Å²) in [5, 5.41) is 7.75. The number of amides is 3. The van der Waals surface area contributed by atoms with Crippen molar-refractivity contribution in [3.63, 3.8) is 0 Å². The van der Waals surface area contributed by atoms with E-state index in [4.69, 9.17) is 10.5 Å². The van der Waals surface area contributed by atoms with Crippen molar-refractivity contribution in [2.24, 2.45) is 5.73 Å². The molecule has 3 amide bonds. The lowest BCUT2D eigenvalue weighted by Gasteiger charge is -2.20. The molecule has 0 aromatic heterocycles. The summed E-state index contributed by atoms with van der Waals surface area (Å²) in [6, 6.07) is -2.80. The number of urea groups is 1. The number of nitrogens with one attached hydrogen (secondary N) is 3. The number of hydrogen-bond donors (Lipinski definition) is 4. The predicted molar refractivity (Wildman–Crippen MR) is 124 cm³/mol. The molecule has 0 rings (SSSR count). The van der Waals surface area contributed by atoms with Gasteiger partial charge in [-0.1, -0.05) is 6.42 Å². The van der Waals surface area contributed by atoms with Crippen LogP contribution in [0.15, 0.2) is 0 Å². The quantitative estimate of drug-likeness (QED) is 0.122. The first kappa shape index (κ1) is 31.1. The zero-order chi connectivity index (χ0) is 25.8. The van der Waals surface area contributed by atoms with Crippen molar-refractivity contribution in [1.29, 1.82) is 0 Å². The zero-order valence-electron chi connectivity index (χ0n) is 20.5. The molecular formula is C22H40N4O8. The predicted octanol–water partition coefficient (Wildman–Crippen LogP) is 0.518. The van der Waals surface area contributed by atoms with Crippen molar-refractivity contribution < 1.29 is 38.2 Å². The third-order valence-electron chi connectivity index (χ3n) is 4.88. The van der Waals surface area contributed by atoms with Crippen LogP contribution in [-0.4, -0.2) is 75.8 Å². The Kier molecular flexibility index (Phi) is 17.9. The highest BCUT2D eigenvalue weighted by Crippen LogP contribution is 2.06. The highest BCUT2D eigenvalue weighted by molar-refractivity contribution is 5.87. The van der Waals surface area contributed by atoms with Gasteiger partial charge in [0.25, 0.3) is 0 Å². The number of ether oxygens (including phenoxy) is 3. The lowest BCUT2D eigenvalue weighted by molar-refractivity contribution is -0.145. The van der Waals surface area contributed by atoms with E-state index < -0.39 is 36.0 Å². The van der Waals surface area contributed by atoms with Crippen LogP contribution in [0.3, 0.4) is 0 Å². The molecule has 0 bridgehead atoms. The molecule has 0 aromatic rings. The lowest BCUT2D eigenvalue weighted by Crippen LogP contribution is -2.51. The summed E-state index contributed by atoms with van der Waals surface area (Å²) in [7, 11) is 2.38. The molecule has 0 heterocycles. The molecule has 0 aliphatic heterocycles. The number of carbonyl (C=O) groups excluding carboxylic acids is 5. The fourth-order valence-corrected chi connectivity index (χ4v) is 3.00. The number of unbranched alkanes of at least 4 members (excludes halogenated alkanes) is 3. The van der Waals surface area contributed by atoms with Crippen LogP contribution in [0, 0.1) is 0 Å². The minimum absolute atomic E-state index is 0.0250. The van der Waals surface area contributed by atoms with Crippen molar-refractivity contribution in [3.8, 4) is 0 Å². The van der Waals surface area contributed by atoms with Crippen LogP contribution in [0.25, 0.3) is 0 Å². The molecule has 0 spiro atoms. The molecule has 0 radical (unpaired) electrons. The van der Waals surface area contributed by atoms with Gasteiger partial charge in [-0.05, 0) is 52.0 Å². The molecule has 12 heteroatoms. The van der Waals surface area contributed by atoms with E-state index in [9.17, 15) is 24.0 Å². The molecule has 0 aliphatic rings. The third kappa shape index (κ3) is 15.0. The van der Waals surface area contributed by atoms with E-state index in [0.717, 1.165) is 26.4 Å². The maximum absolute atomic E-state index is 12.4. The third-order valence-corrected chi connectivity index (χ3v) is 4.88. The van der Waals surface area contributed by atoms with Crippen LogP contribution in [0.2, 0.25) is 0 Å². The first-order valence-electron chi connectivity index (χ1n) is 11.6. The van der Waals surface area contributed by atoms with Gasteiger partial charge >= 0.3 is 23.9 Å². The second kappa shape index (κ2) is 19.6. The number of hydrogen-bond acceptors (Lipinski definition) is 9. The summed E-state index contributed by atoms with van der Waals surface area (Å²) in [4.78, 5) is 59.7. The molecule has 0 saturated carbocycles. The van der Waals surface area contributed by atoms with Gasteiger partial charge in [0.15, 0.2) is 0 Å². The summed E-state index contributed by atoms with van der Waals surface area (Å²) in [6.07, 6.45) is 4.36. The van der Waals surface area contributed by atoms with E-state index >= 15 is 0 Å². The molecule has 0 saturated heterocycles. The van der Waals surface area contributed by atoms with Gasteiger partial charge in [0.1, 0.15) is 12.1 Å². The maximum Gasteiger partial charge on any atom is 0.328 e. The van der Waals surface area contributed by atoms with Gasteiger partial charge in [0.2, 0.25) is 5.91 Å². The van der Waals surface area contributed by atoms with E-state index in [1.54, 1.807) is 6.92 Å². The van der Waals surface area contributed by atoms with Crippen LogP contribution in [0.1, 0.15) is 64.7 Å². The monoisotopic (exact) mass is 488 g/mol. The molecule has 2 atom stereocenters. The largest absolute Gasteiger partial charge is 0.469 e. The highest BCUT2D eigenvalue weighted by Gasteiger charge is 2.26. The molecule has 5 N–H and O–H groups in total. The van der Waals surface area contributed by atoms with Crippen molar-refractivity contribution in [3.05, 3.63) is 0 Å². The number of methoxy groups -OCH3 is 2. The zero-order valence-corrected chi connectivity index (χ0v) is 20.5. The van der Waals surface area contributed by atoms with Gasteiger partial charge in [-0.15, -0.1) is 0 Å². The SMILES string of the molecule is CCOC(=O)C(CCCCNC(=O)CCCCCN)NC(=O)NC(CCC(=O)OC)C(=O)OC. The summed E-state index contributed by atoms with van der Waals surface area (Å²) in [5.41, 5.74) is 5.43. The molecule has 0 aliphatic carbocycles. The van der Waals surface area contributed by atoms with Crippen LogP contribution in [-0.2, 0) is 33.4 Å². The summed E-state index contributed by atoms with van der Waals surface area (Å²) in [5.74, 6) is -1.91. The Hall–Kier alpha value is -2.89. The highest BCUT2D eigenvalue weighted by atomic mass is 16.5. The minimum Gasteiger partial charge on any atom is -0.469 e. The molecule has 34 heavy (non-hydrogen) atoms. The van der Waals surface area contributed by atoms with E-state index in [2.05, 4.69) is 25.4 Å². The Morgan fingerprint density at radius 1 is 0.794 bits per heavy atom. The number of carbonyl (C=O) groups is 5. The Balaban J connectivity index is 4.62. The van der Waals surface area contributed by atoms with E-state index in [1.165, 1.54) is 7.11 Å². The Labute approximate surface area is 201 Å². The van der Waals surface area contributed by atoms with Crippen molar-refractivity contribution >= 4 is 29.8 Å². The molecule has 2 unspecified atom stereocenters. The first-order chi connectivity index (χ1) is 16.3. The number of rotatable bonds is 18. The average molecular weight is 489 g/mol.